The SMILES string of the molecule is C/C=C(/c1c(C)c(C)cc(C)c1C)C(F)(F)F. The maximum Gasteiger partial charge on any atom is 0.416 e. The van der Waals surface area contributed by atoms with E-state index in [-0.39, 0.29) is 0 Å². The van der Waals surface area contributed by atoms with E-state index in [1.165, 1.54) is 6.92 Å². The van der Waals surface area contributed by atoms with Crippen molar-refractivity contribution in [2.45, 2.75) is 40.8 Å². The van der Waals surface area contributed by atoms with Crippen LogP contribution in [0, 0.1) is 27.7 Å². The van der Waals surface area contributed by atoms with Crippen LogP contribution in [0.5, 0.6) is 0 Å². The minimum absolute atomic E-state index is 0.331. The van der Waals surface area contributed by atoms with Crippen LogP contribution in [0.25, 0.3) is 5.57 Å². The molecule has 17 heavy (non-hydrogen) atoms. The predicted octanol–water partition coefficient (Wildman–Crippen LogP) is 4.89. The van der Waals surface area contributed by atoms with E-state index in [9.17, 15) is 13.2 Å². The Morgan fingerprint density at radius 2 is 1.41 bits per heavy atom. The number of aryl methyl sites for hydroxylation is 2. The van der Waals surface area contributed by atoms with Crippen LogP contribution >= 0.6 is 0 Å². The fraction of sp³-hybridized carbons (Fsp3) is 0.429. The molecule has 1 rings (SSSR count). The highest BCUT2D eigenvalue weighted by atomic mass is 19.4. The van der Waals surface area contributed by atoms with Gasteiger partial charge in [0.15, 0.2) is 0 Å². The summed E-state index contributed by atoms with van der Waals surface area (Å²) in [6.45, 7) is 8.60. The average molecular weight is 242 g/mol. The Kier molecular flexibility index (Phi) is 3.70. The molecule has 1 aromatic carbocycles. The van der Waals surface area contributed by atoms with Crippen LogP contribution in [0.15, 0.2) is 12.1 Å². The van der Waals surface area contributed by atoms with Crippen molar-refractivity contribution in [1.29, 1.82) is 0 Å². The van der Waals surface area contributed by atoms with E-state index in [4.69, 9.17) is 0 Å². The van der Waals surface area contributed by atoms with Crippen molar-refractivity contribution in [2.24, 2.45) is 0 Å². The lowest BCUT2D eigenvalue weighted by atomic mass is 9.89. The maximum absolute atomic E-state index is 13.0. The molecule has 3 heteroatoms. The molecule has 0 nitrogen and oxygen atoms in total. The molecular formula is C14H17F3. The van der Waals surface area contributed by atoms with Gasteiger partial charge in [-0.05, 0) is 62.4 Å². The smallest absolute Gasteiger partial charge is 0.166 e. The number of rotatable bonds is 1. The van der Waals surface area contributed by atoms with Gasteiger partial charge in [0, 0.05) is 0 Å². The summed E-state index contributed by atoms with van der Waals surface area (Å²) in [6, 6.07) is 1.93. The molecule has 94 valence electrons. The van der Waals surface area contributed by atoms with E-state index >= 15 is 0 Å². The molecular weight excluding hydrogens is 225 g/mol. The standard InChI is InChI=1S/C14H17F3/c1-6-12(14(15,16)17)13-10(4)8(2)7-9(3)11(13)5/h6-7H,1-5H3/b12-6-. The van der Waals surface area contributed by atoms with Gasteiger partial charge in [0.05, 0.1) is 5.57 Å². The van der Waals surface area contributed by atoms with Crippen molar-refractivity contribution in [3.05, 3.63) is 40.0 Å². The number of hydrogen-bond donors (Lipinski definition) is 0. The molecule has 0 atom stereocenters. The quantitative estimate of drug-likeness (QED) is 0.658. The van der Waals surface area contributed by atoms with Gasteiger partial charge in [-0.15, -0.1) is 0 Å². The van der Waals surface area contributed by atoms with E-state index in [0.717, 1.165) is 17.2 Å². The highest BCUT2D eigenvalue weighted by Gasteiger charge is 2.35. The molecule has 0 bridgehead atoms. The van der Waals surface area contributed by atoms with Gasteiger partial charge in [0.1, 0.15) is 0 Å². The van der Waals surface area contributed by atoms with Gasteiger partial charge >= 0.3 is 6.18 Å². The first-order chi connectivity index (χ1) is 7.70. The molecule has 0 fully saturated rings. The molecule has 0 aromatic heterocycles. The fourth-order valence-corrected chi connectivity index (χ4v) is 2.07. The minimum atomic E-state index is -4.30. The zero-order valence-corrected chi connectivity index (χ0v) is 10.8. The van der Waals surface area contributed by atoms with Gasteiger partial charge in [-0.2, -0.15) is 13.2 Å². The van der Waals surface area contributed by atoms with Crippen LogP contribution in [0.3, 0.4) is 0 Å². The summed E-state index contributed by atoms with van der Waals surface area (Å²) in [5.74, 6) is 0. The Hall–Kier alpha value is -1.25. The zero-order valence-electron chi connectivity index (χ0n) is 10.8. The predicted molar refractivity (Wildman–Crippen MR) is 65.1 cm³/mol. The van der Waals surface area contributed by atoms with Crippen LogP contribution in [-0.4, -0.2) is 6.18 Å². The highest BCUT2D eigenvalue weighted by Crippen LogP contribution is 2.38. The topological polar surface area (TPSA) is 0 Å². The number of benzene rings is 1. The van der Waals surface area contributed by atoms with Crippen molar-refractivity contribution in [3.63, 3.8) is 0 Å². The van der Waals surface area contributed by atoms with E-state index in [1.807, 2.05) is 19.9 Å². The third kappa shape index (κ3) is 2.54. The molecule has 0 aliphatic heterocycles. The van der Waals surface area contributed by atoms with Crippen LogP contribution in [0.1, 0.15) is 34.7 Å². The normalized spacial score (nSPS) is 13.1. The lowest BCUT2D eigenvalue weighted by Gasteiger charge is -2.19. The first-order valence-electron chi connectivity index (χ1n) is 5.51. The number of alkyl halides is 3. The molecule has 0 N–H and O–H groups in total. The summed E-state index contributed by atoms with van der Waals surface area (Å²) in [5.41, 5.74) is 2.99. The van der Waals surface area contributed by atoms with Crippen LogP contribution < -0.4 is 0 Å². The molecule has 0 amide bonds. The Morgan fingerprint density at radius 3 is 1.71 bits per heavy atom. The number of halogens is 3. The summed E-state index contributed by atoms with van der Waals surface area (Å²) in [6.07, 6.45) is -3.15. The zero-order chi connectivity index (χ0) is 13.4. The Labute approximate surface area is 100 Å². The summed E-state index contributed by atoms with van der Waals surface area (Å²) in [7, 11) is 0. The Morgan fingerprint density at radius 1 is 1.00 bits per heavy atom. The van der Waals surface area contributed by atoms with Gasteiger partial charge in [-0.25, -0.2) is 0 Å². The van der Waals surface area contributed by atoms with Crippen molar-refractivity contribution in [1.82, 2.24) is 0 Å². The molecule has 0 aliphatic rings. The van der Waals surface area contributed by atoms with E-state index in [0.29, 0.717) is 16.7 Å². The third-order valence-corrected chi connectivity index (χ3v) is 3.23. The first-order valence-corrected chi connectivity index (χ1v) is 5.51. The minimum Gasteiger partial charge on any atom is -0.166 e. The van der Waals surface area contributed by atoms with Crippen LogP contribution in [0.4, 0.5) is 13.2 Å². The second-order valence-corrected chi connectivity index (χ2v) is 4.34. The Bertz CT molecular complexity index is 439. The lowest BCUT2D eigenvalue weighted by Crippen LogP contribution is -2.13. The first kappa shape index (κ1) is 13.8. The van der Waals surface area contributed by atoms with Crippen molar-refractivity contribution in [2.75, 3.05) is 0 Å². The molecule has 0 heterocycles. The van der Waals surface area contributed by atoms with Crippen LogP contribution in [0.2, 0.25) is 0 Å². The van der Waals surface area contributed by atoms with Gasteiger partial charge in [-0.1, -0.05) is 12.1 Å². The maximum atomic E-state index is 13.0. The second kappa shape index (κ2) is 4.55. The van der Waals surface area contributed by atoms with E-state index in [2.05, 4.69) is 0 Å². The molecule has 0 radical (unpaired) electrons. The average Bonchev–Trinajstić information content (AvgIpc) is 2.19. The van der Waals surface area contributed by atoms with Gasteiger partial charge in [0.2, 0.25) is 0 Å². The van der Waals surface area contributed by atoms with Crippen LogP contribution in [-0.2, 0) is 0 Å². The lowest BCUT2D eigenvalue weighted by molar-refractivity contribution is -0.0690. The number of hydrogen-bond acceptors (Lipinski definition) is 0. The van der Waals surface area contributed by atoms with E-state index < -0.39 is 11.7 Å². The van der Waals surface area contributed by atoms with Gasteiger partial charge in [-0.3, -0.25) is 0 Å². The van der Waals surface area contributed by atoms with Gasteiger partial charge < -0.3 is 0 Å². The number of allylic oxidation sites excluding steroid dienone is 2. The summed E-state index contributed by atoms with van der Waals surface area (Å²) < 4.78 is 38.9. The summed E-state index contributed by atoms with van der Waals surface area (Å²) >= 11 is 0. The highest BCUT2D eigenvalue weighted by molar-refractivity contribution is 5.75. The van der Waals surface area contributed by atoms with Crippen molar-refractivity contribution >= 4 is 5.57 Å². The van der Waals surface area contributed by atoms with Gasteiger partial charge in [0.25, 0.3) is 0 Å². The van der Waals surface area contributed by atoms with Crippen molar-refractivity contribution in [3.8, 4) is 0 Å². The largest absolute Gasteiger partial charge is 0.416 e. The van der Waals surface area contributed by atoms with E-state index in [1.54, 1.807) is 13.8 Å². The third-order valence-electron chi connectivity index (χ3n) is 3.23. The summed E-state index contributed by atoms with van der Waals surface area (Å²) in [4.78, 5) is 0. The molecule has 0 unspecified atom stereocenters. The monoisotopic (exact) mass is 242 g/mol. The molecule has 1 aromatic rings. The molecule has 0 aliphatic carbocycles. The second-order valence-electron chi connectivity index (χ2n) is 4.34. The summed E-state index contributed by atoms with van der Waals surface area (Å²) in [5, 5.41) is 0. The Balaban J connectivity index is 3.61. The molecule has 0 saturated heterocycles. The van der Waals surface area contributed by atoms with Crippen molar-refractivity contribution < 1.29 is 13.2 Å². The molecule has 0 spiro atoms. The fourth-order valence-electron chi connectivity index (χ4n) is 2.07. The molecule has 0 saturated carbocycles.